The molecule has 3 aromatic carbocycles. The smallest absolute Gasteiger partial charge is 0.255 e. The third-order valence-corrected chi connectivity index (χ3v) is 4.48. The number of anilines is 2. The highest BCUT2D eigenvalue weighted by Gasteiger charge is 2.21. The van der Waals surface area contributed by atoms with E-state index in [0.717, 1.165) is 16.8 Å². The van der Waals surface area contributed by atoms with Crippen molar-refractivity contribution in [2.24, 2.45) is 0 Å². The number of hydrogen-bond acceptors (Lipinski definition) is 3. The van der Waals surface area contributed by atoms with E-state index in [9.17, 15) is 4.79 Å². The van der Waals surface area contributed by atoms with E-state index in [4.69, 9.17) is 11.2 Å². The summed E-state index contributed by atoms with van der Waals surface area (Å²) >= 11 is 0. The number of benzene rings is 3. The third-order valence-electron chi connectivity index (χ3n) is 4.48. The van der Waals surface area contributed by atoms with Crippen LogP contribution in [0.4, 0.5) is 11.4 Å². The van der Waals surface area contributed by atoms with E-state index in [0.29, 0.717) is 30.3 Å². The van der Waals surface area contributed by atoms with Crippen molar-refractivity contribution >= 4 is 17.3 Å². The predicted molar refractivity (Wildman–Crippen MR) is 107 cm³/mol. The van der Waals surface area contributed by atoms with Crippen molar-refractivity contribution in [2.45, 2.75) is 6.54 Å². The summed E-state index contributed by atoms with van der Waals surface area (Å²) in [4.78, 5) is 14.6. The number of rotatable bonds is 3. The number of hydrogen-bond donors (Lipinski definition) is 1. The van der Waals surface area contributed by atoms with Gasteiger partial charge in [0.1, 0.15) is 5.75 Å². The molecule has 27 heavy (non-hydrogen) atoms. The topological polar surface area (TPSA) is 41.6 Å². The van der Waals surface area contributed by atoms with Gasteiger partial charge in [-0.05, 0) is 36.4 Å². The van der Waals surface area contributed by atoms with E-state index in [1.54, 1.807) is 12.1 Å². The summed E-state index contributed by atoms with van der Waals surface area (Å²) in [6.07, 6.45) is 5.50. The van der Waals surface area contributed by atoms with Gasteiger partial charge < -0.3 is 15.0 Å². The molecule has 1 N–H and O–H groups in total. The molecule has 0 bridgehead atoms. The van der Waals surface area contributed by atoms with Gasteiger partial charge in [0.25, 0.3) is 5.91 Å². The summed E-state index contributed by atoms with van der Waals surface area (Å²) in [5.41, 5.74) is 4.15. The number of amides is 1. The molecule has 0 atom stereocenters. The summed E-state index contributed by atoms with van der Waals surface area (Å²) in [6, 6.07) is 22.7. The maximum Gasteiger partial charge on any atom is 0.255 e. The summed E-state index contributed by atoms with van der Waals surface area (Å²) in [5, 5.41) is 2.95. The van der Waals surface area contributed by atoms with E-state index in [2.05, 4.69) is 16.1 Å². The van der Waals surface area contributed by atoms with Gasteiger partial charge in [0.05, 0.1) is 5.69 Å². The van der Waals surface area contributed by atoms with Crippen LogP contribution in [0.1, 0.15) is 21.5 Å². The Balaban J connectivity index is 1.56. The first kappa shape index (κ1) is 16.7. The zero-order chi connectivity index (χ0) is 18.6. The molecule has 0 fully saturated rings. The van der Waals surface area contributed by atoms with Gasteiger partial charge >= 0.3 is 0 Å². The Hall–Kier alpha value is -3.71. The lowest BCUT2D eigenvalue weighted by Crippen LogP contribution is -2.32. The molecule has 1 aliphatic rings. The van der Waals surface area contributed by atoms with E-state index >= 15 is 0 Å². The standard InChI is InChI=1S/C23H18N2O2/c1-2-17-8-6-12-20(14-17)25-15-19-11-7-13-21(22(19)27-16-25)24-23(26)18-9-4-3-5-10-18/h1,3-14H,15-16H2,(H,24,26). The molecule has 0 spiro atoms. The number of nitrogens with one attached hydrogen (secondary N) is 1. The second-order valence-electron chi connectivity index (χ2n) is 6.28. The summed E-state index contributed by atoms with van der Waals surface area (Å²) in [7, 11) is 0. The molecule has 0 aromatic heterocycles. The zero-order valence-electron chi connectivity index (χ0n) is 14.7. The van der Waals surface area contributed by atoms with Gasteiger partial charge in [0.2, 0.25) is 0 Å². The highest BCUT2D eigenvalue weighted by atomic mass is 16.5. The van der Waals surface area contributed by atoms with Crippen LogP contribution in [-0.2, 0) is 6.54 Å². The number of carbonyl (C=O) groups is 1. The van der Waals surface area contributed by atoms with Crippen LogP contribution in [0.15, 0.2) is 72.8 Å². The van der Waals surface area contributed by atoms with Gasteiger partial charge in [-0.2, -0.15) is 0 Å². The fraction of sp³-hybridized carbons (Fsp3) is 0.0870. The molecule has 4 heteroatoms. The second kappa shape index (κ2) is 7.27. The molecular weight excluding hydrogens is 336 g/mol. The normalized spacial score (nSPS) is 12.5. The molecule has 0 saturated carbocycles. The molecule has 0 unspecified atom stereocenters. The lowest BCUT2D eigenvalue weighted by Gasteiger charge is -2.32. The molecule has 0 radical (unpaired) electrons. The fourth-order valence-electron chi connectivity index (χ4n) is 3.11. The van der Waals surface area contributed by atoms with E-state index in [1.165, 1.54) is 0 Å². The van der Waals surface area contributed by atoms with Gasteiger partial charge in [-0.15, -0.1) is 6.42 Å². The van der Waals surface area contributed by atoms with Gasteiger partial charge in [-0.25, -0.2) is 0 Å². The number of carbonyl (C=O) groups excluding carboxylic acids is 1. The van der Waals surface area contributed by atoms with E-state index in [1.807, 2.05) is 60.7 Å². The highest BCUT2D eigenvalue weighted by molar-refractivity contribution is 6.05. The number of nitrogens with zero attached hydrogens (tertiary/aromatic N) is 1. The Morgan fingerprint density at radius 2 is 1.85 bits per heavy atom. The summed E-state index contributed by atoms with van der Waals surface area (Å²) in [5.74, 6) is 3.22. The van der Waals surface area contributed by atoms with E-state index in [-0.39, 0.29) is 5.91 Å². The zero-order valence-corrected chi connectivity index (χ0v) is 14.7. The molecule has 132 valence electrons. The summed E-state index contributed by atoms with van der Waals surface area (Å²) < 4.78 is 5.99. The Morgan fingerprint density at radius 3 is 2.67 bits per heavy atom. The van der Waals surface area contributed by atoms with Crippen LogP contribution in [0.5, 0.6) is 5.75 Å². The van der Waals surface area contributed by atoms with Gasteiger partial charge in [-0.3, -0.25) is 4.79 Å². The predicted octanol–water partition coefficient (Wildman–Crippen LogP) is 4.28. The highest BCUT2D eigenvalue weighted by Crippen LogP contribution is 2.35. The molecule has 1 heterocycles. The Bertz CT molecular complexity index is 1020. The van der Waals surface area contributed by atoms with Gasteiger partial charge in [0.15, 0.2) is 6.73 Å². The largest absolute Gasteiger partial charge is 0.471 e. The molecule has 0 aliphatic carbocycles. The minimum atomic E-state index is -0.156. The summed E-state index contributed by atoms with van der Waals surface area (Å²) in [6.45, 7) is 1.07. The fourth-order valence-corrected chi connectivity index (χ4v) is 3.11. The Labute approximate surface area is 158 Å². The quantitative estimate of drug-likeness (QED) is 0.714. The van der Waals surface area contributed by atoms with Crippen molar-refractivity contribution in [2.75, 3.05) is 16.9 Å². The van der Waals surface area contributed by atoms with E-state index < -0.39 is 0 Å². The minimum absolute atomic E-state index is 0.156. The van der Waals surface area contributed by atoms with Crippen LogP contribution in [0.25, 0.3) is 0 Å². The molecule has 4 rings (SSSR count). The van der Waals surface area contributed by atoms with Crippen molar-refractivity contribution in [3.8, 4) is 18.1 Å². The Kier molecular flexibility index (Phi) is 4.51. The average molecular weight is 354 g/mol. The van der Waals surface area contributed by atoms with Crippen LogP contribution in [0, 0.1) is 12.3 Å². The minimum Gasteiger partial charge on any atom is -0.471 e. The SMILES string of the molecule is C#Cc1cccc(N2COc3c(cccc3NC(=O)c3ccccc3)C2)c1. The molecule has 1 amide bonds. The van der Waals surface area contributed by atoms with Crippen molar-refractivity contribution < 1.29 is 9.53 Å². The van der Waals surface area contributed by atoms with Crippen molar-refractivity contribution in [1.29, 1.82) is 0 Å². The average Bonchev–Trinajstić information content (AvgIpc) is 2.74. The van der Waals surface area contributed by atoms with Gasteiger partial charge in [0, 0.05) is 28.9 Å². The van der Waals surface area contributed by atoms with Crippen LogP contribution < -0.4 is 15.0 Å². The second-order valence-corrected chi connectivity index (χ2v) is 6.28. The van der Waals surface area contributed by atoms with Crippen molar-refractivity contribution in [1.82, 2.24) is 0 Å². The number of ether oxygens (including phenoxy) is 1. The number of fused-ring (bicyclic) bond motifs is 1. The Morgan fingerprint density at radius 1 is 1.04 bits per heavy atom. The van der Waals surface area contributed by atoms with Crippen LogP contribution >= 0.6 is 0 Å². The van der Waals surface area contributed by atoms with Crippen LogP contribution in [0.3, 0.4) is 0 Å². The first-order valence-corrected chi connectivity index (χ1v) is 8.67. The molecule has 3 aromatic rings. The van der Waals surface area contributed by atoms with Crippen molar-refractivity contribution in [3.63, 3.8) is 0 Å². The first-order chi connectivity index (χ1) is 13.2. The lowest BCUT2D eigenvalue weighted by atomic mass is 10.1. The molecular formula is C23H18N2O2. The number of para-hydroxylation sites is 1. The van der Waals surface area contributed by atoms with Crippen LogP contribution in [-0.4, -0.2) is 12.6 Å². The van der Waals surface area contributed by atoms with Crippen LogP contribution in [0.2, 0.25) is 0 Å². The molecule has 1 aliphatic heterocycles. The van der Waals surface area contributed by atoms with Gasteiger partial charge in [-0.1, -0.05) is 42.3 Å². The maximum absolute atomic E-state index is 12.5. The monoisotopic (exact) mass is 354 g/mol. The third kappa shape index (κ3) is 3.49. The first-order valence-electron chi connectivity index (χ1n) is 8.67. The number of terminal acetylenes is 1. The molecule has 4 nitrogen and oxygen atoms in total. The maximum atomic E-state index is 12.5. The lowest BCUT2D eigenvalue weighted by molar-refractivity contribution is 0.102. The molecule has 0 saturated heterocycles. The van der Waals surface area contributed by atoms with Crippen molar-refractivity contribution in [3.05, 3.63) is 89.5 Å².